The average Bonchev–Trinajstić information content (AvgIpc) is 2.74. The predicted molar refractivity (Wildman–Crippen MR) is 106 cm³/mol. The highest BCUT2D eigenvalue weighted by Gasteiger charge is 2.44. The molecule has 28 heavy (non-hydrogen) atoms. The van der Waals surface area contributed by atoms with Gasteiger partial charge in [0, 0.05) is 38.0 Å². The molecule has 2 atom stereocenters. The number of hydrogen-bond acceptors (Lipinski definition) is 3. The summed E-state index contributed by atoms with van der Waals surface area (Å²) in [5.74, 6) is -0.178. The van der Waals surface area contributed by atoms with Crippen LogP contribution in [0.25, 0.3) is 0 Å². The molecule has 3 aliphatic heterocycles. The standard InChI is InChI=1S/C17H22N2O2.C6H5F/c1-18-14-8-15(18)10-16(9-14)21-17(20)19-7-6-12-4-2-3-5-13(12)11-19;7-6-4-2-1-3-5-6/h2-5,14-16H,6-11H2,1H3;1-5H. The molecule has 2 saturated heterocycles. The van der Waals surface area contributed by atoms with Crippen LogP contribution in [0.4, 0.5) is 9.18 Å². The fourth-order valence-corrected chi connectivity index (χ4v) is 4.41. The largest absolute Gasteiger partial charge is 0.446 e. The highest BCUT2D eigenvalue weighted by atomic mass is 19.1. The van der Waals surface area contributed by atoms with Crippen molar-refractivity contribution in [2.75, 3.05) is 13.6 Å². The molecular weight excluding hydrogens is 355 g/mol. The number of ether oxygens (including phenoxy) is 1. The summed E-state index contributed by atoms with van der Waals surface area (Å²) >= 11 is 0. The fraction of sp³-hybridized carbons (Fsp3) is 0.435. The first kappa shape index (κ1) is 18.9. The van der Waals surface area contributed by atoms with Crippen LogP contribution in [0.5, 0.6) is 0 Å². The number of nitrogens with zero attached hydrogens (tertiary/aromatic N) is 2. The van der Waals surface area contributed by atoms with E-state index in [0.29, 0.717) is 18.6 Å². The molecule has 1 aliphatic carbocycles. The van der Waals surface area contributed by atoms with E-state index in [-0.39, 0.29) is 18.0 Å². The number of carbonyl (C=O) groups excluding carboxylic acids is 1. The van der Waals surface area contributed by atoms with E-state index in [9.17, 15) is 9.18 Å². The van der Waals surface area contributed by atoms with Crippen molar-refractivity contribution in [1.82, 2.24) is 9.80 Å². The van der Waals surface area contributed by atoms with Gasteiger partial charge < -0.3 is 14.5 Å². The Morgan fingerprint density at radius 2 is 1.61 bits per heavy atom. The van der Waals surface area contributed by atoms with E-state index in [4.69, 9.17) is 4.74 Å². The van der Waals surface area contributed by atoms with Gasteiger partial charge in [0.25, 0.3) is 0 Å². The highest BCUT2D eigenvalue weighted by molar-refractivity contribution is 5.68. The third-order valence-electron chi connectivity index (χ3n) is 6.16. The molecule has 148 valence electrons. The lowest BCUT2D eigenvalue weighted by Crippen LogP contribution is -2.60. The highest BCUT2D eigenvalue weighted by Crippen LogP contribution is 2.38. The van der Waals surface area contributed by atoms with Crippen molar-refractivity contribution in [3.8, 4) is 0 Å². The third kappa shape index (κ3) is 4.20. The normalized spacial score (nSPS) is 25.6. The van der Waals surface area contributed by atoms with Crippen molar-refractivity contribution in [2.45, 2.75) is 50.4 Å². The van der Waals surface area contributed by atoms with Crippen molar-refractivity contribution in [3.63, 3.8) is 0 Å². The van der Waals surface area contributed by atoms with Crippen LogP contribution in [0.1, 0.15) is 30.4 Å². The molecule has 0 aromatic heterocycles. The van der Waals surface area contributed by atoms with Gasteiger partial charge in [-0.3, -0.25) is 0 Å². The molecule has 2 aromatic rings. The van der Waals surface area contributed by atoms with E-state index in [2.05, 4.69) is 30.1 Å². The molecule has 1 amide bonds. The second-order valence-electron chi connectivity index (χ2n) is 7.92. The smallest absolute Gasteiger partial charge is 0.410 e. The number of fused-ring (bicyclic) bond motifs is 3. The van der Waals surface area contributed by atoms with Crippen LogP contribution in [0, 0.1) is 5.82 Å². The zero-order valence-electron chi connectivity index (χ0n) is 16.3. The maximum atomic E-state index is 12.4. The Balaban J connectivity index is 0.000000233. The van der Waals surface area contributed by atoms with Gasteiger partial charge in [0.2, 0.25) is 0 Å². The third-order valence-corrected chi connectivity index (χ3v) is 6.16. The van der Waals surface area contributed by atoms with E-state index in [1.807, 2.05) is 11.0 Å². The van der Waals surface area contributed by atoms with Crippen LogP contribution in [0.2, 0.25) is 0 Å². The zero-order chi connectivity index (χ0) is 19.5. The van der Waals surface area contributed by atoms with Gasteiger partial charge in [0.05, 0.1) is 0 Å². The van der Waals surface area contributed by atoms with Crippen LogP contribution in [0.15, 0.2) is 54.6 Å². The lowest BCUT2D eigenvalue weighted by Gasteiger charge is -2.53. The molecule has 3 fully saturated rings. The van der Waals surface area contributed by atoms with E-state index in [1.54, 1.807) is 18.2 Å². The van der Waals surface area contributed by atoms with E-state index < -0.39 is 0 Å². The second-order valence-corrected chi connectivity index (χ2v) is 7.92. The molecule has 0 spiro atoms. The van der Waals surface area contributed by atoms with Gasteiger partial charge in [-0.2, -0.15) is 0 Å². The number of piperidine rings is 1. The summed E-state index contributed by atoms with van der Waals surface area (Å²) in [7, 11) is 2.18. The first-order chi connectivity index (χ1) is 13.6. The molecule has 5 heteroatoms. The van der Waals surface area contributed by atoms with Crippen LogP contribution in [-0.4, -0.2) is 47.7 Å². The quantitative estimate of drug-likeness (QED) is 0.740. The summed E-state index contributed by atoms with van der Waals surface area (Å²) in [4.78, 5) is 16.6. The number of hydrogen-bond donors (Lipinski definition) is 0. The Labute approximate surface area is 165 Å². The van der Waals surface area contributed by atoms with Crippen LogP contribution >= 0.6 is 0 Å². The molecule has 4 aliphatic rings. The zero-order valence-corrected chi connectivity index (χ0v) is 16.3. The molecule has 2 unspecified atom stereocenters. The average molecular weight is 382 g/mol. The van der Waals surface area contributed by atoms with Gasteiger partial charge in [-0.1, -0.05) is 42.5 Å². The van der Waals surface area contributed by atoms with E-state index in [0.717, 1.165) is 25.8 Å². The van der Waals surface area contributed by atoms with Crippen molar-refractivity contribution in [2.24, 2.45) is 0 Å². The molecule has 2 aromatic carbocycles. The maximum Gasteiger partial charge on any atom is 0.410 e. The Hall–Kier alpha value is -2.40. The van der Waals surface area contributed by atoms with Crippen LogP contribution in [-0.2, 0) is 17.7 Å². The Kier molecular flexibility index (Phi) is 5.62. The monoisotopic (exact) mass is 382 g/mol. The fourth-order valence-electron chi connectivity index (χ4n) is 4.41. The van der Waals surface area contributed by atoms with Crippen molar-refractivity contribution in [1.29, 1.82) is 0 Å². The summed E-state index contributed by atoms with van der Waals surface area (Å²) in [5.41, 5.74) is 2.62. The minimum atomic E-state index is -0.178. The Bertz CT molecular complexity index is 801. The topological polar surface area (TPSA) is 32.8 Å². The molecular formula is C23H27FN2O2. The number of benzene rings is 2. The van der Waals surface area contributed by atoms with Gasteiger partial charge in [-0.15, -0.1) is 0 Å². The molecule has 2 bridgehead atoms. The van der Waals surface area contributed by atoms with Gasteiger partial charge in [-0.05, 0) is 43.1 Å². The van der Waals surface area contributed by atoms with E-state index in [1.165, 1.54) is 29.7 Å². The van der Waals surface area contributed by atoms with Crippen molar-refractivity contribution < 1.29 is 13.9 Å². The lowest BCUT2D eigenvalue weighted by molar-refractivity contribution is -0.0742. The Morgan fingerprint density at radius 1 is 0.964 bits per heavy atom. The van der Waals surface area contributed by atoms with E-state index >= 15 is 0 Å². The Morgan fingerprint density at radius 3 is 2.21 bits per heavy atom. The van der Waals surface area contributed by atoms with Gasteiger partial charge in [-0.25, -0.2) is 9.18 Å². The van der Waals surface area contributed by atoms with Crippen molar-refractivity contribution >= 4 is 6.09 Å². The molecule has 0 N–H and O–H groups in total. The molecule has 0 radical (unpaired) electrons. The van der Waals surface area contributed by atoms with Crippen molar-refractivity contribution in [3.05, 3.63) is 71.5 Å². The van der Waals surface area contributed by atoms with Gasteiger partial charge >= 0.3 is 6.09 Å². The minimum Gasteiger partial charge on any atom is -0.446 e. The summed E-state index contributed by atoms with van der Waals surface area (Å²) in [6.07, 6.45) is 4.21. The number of carbonyl (C=O) groups is 1. The molecule has 3 heterocycles. The maximum absolute atomic E-state index is 12.4. The second kappa shape index (κ2) is 8.31. The minimum absolute atomic E-state index is 0.120. The van der Waals surface area contributed by atoms with Crippen LogP contribution < -0.4 is 0 Å². The number of halogens is 1. The predicted octanol–water partition coefficient (Wildman–Crippen LogP) is 4.24. The number of rotatable bonds is 1. The molecule has 6 rings (SSSR count). The first-order valence-electron chi connectivity index (χ1n) is 10.0. The summed E-state index contributed by atoms with van der Waals surface area (Å²) in [6, 6.07) is 17.6. The lowest BCUT2D eigenvalue weighted by atomic mass is 9.79. The molecule has 4 nitrogen and oxygen atoms in total. The van der Waals surface area contributed by atoms with Gasteiger partial charge in [0.15, 0.2) is 0 Å². The SMILES string of the molecule is CN1C2CC(OC(=O)N3CCc4ccccc4C3)CC1C2.Fc1ccccc1. The van der Waals surface area contributed by atoms with Crippen LogP contribution in [0.3, 0.4) is 0 Å². The van der Waals surface area contributed by atoms with Gasteiger partial charge in [0.1, 0.15) is 11.9 Å². The number of amides is 1. The summed E-state index contributed by atoms with van der Waals surface area (Å²) in [5, 5.41) is 0. The molecule has 1 saturated carbocycles. The summed E-state index contributed by atoms with van der Waals surface area (Å²) < 4.78 is 17.7. The first-order valence-corrected chi connectivity index (χ1v) is 10.0. The summed E-state index contributed by atoms with van der Waals surface area (Å²) in [6.45, 7) is 1.46.